The molecule has 33 heavy (non-hydrogen) atoms. The molecule has 4 rings (SSSR count). The van der Waals surface area contributed by atoms with Gasteiger partial charge in [0.25, 0.3) is 5.91 Å². The van der Waals surface area contributed by atoms with Crippen LogP contribution in [0.2, 0.25) is 0 Å². The molecule has 0 saturated carbocycles. The Morgan fingerprint density at radius 1 is 0.970 bits per heavy atom. The standard InChI is InChI=1S/C23H21N3O6S/c1-29-17-9-13(10-18(30-2)20(17)31-3)21(27)24-15-8-6-5-7-14(15)19-12-26-11-16(22(28)32-4)25-23(26)33-19/h5-12H,1-4H3,(H,24,27). The Morgan fingerprint density at radius 3 is 2.27 bits per heavy atom. The summed E-state index contributed by atoms with van der Waals surface area (Å²) < 4.78 is 22.5. The van der Waals surface area contributed by atoms with E-state index in [-0.39, 0.29) is 11.6 Å². The quantitative estimate of drug-likeness (QED) is 0.408. The Bertz CT molecular complexity index is 1290. The molecule has 170 valence electrons. The molecule has 0 bridgehead atoms. The lowest BCUT2D eigenvalue weighted by atomic mass is 10.1. The van der Waals surface area contributed by atoms with Crippen LogP contribution < -0.4 is 19.5 Å². The topological polar surface area (TPSA) is 100 Å². The molecule has 0 aliphatic rings. The number of imidazole rings is 1. The van der Waals surface area contributed by atoms with Crippen LogP contribution in [-0.4, -0.2) is 49.7 Å². The molecule has 2 aromatic heterocycles. The zero-order valence-electron chi connectivity index (χ0n) is 18.4. The van der Waals surface area contributed by atoms with Crippen LogP contribution in [0.4, 0.5) is 5.69 Å². The van der Waals surface area contributed by atoms with Crippen molar-refractivity contribution in [3.63, 3.8) is 0 Å². The third kappa shape index (κ3) is 4.20. The number of thiazole rings is 1. The van der Waals surface area contributed by atoms with Crippen molar-refractivity contribution in [2.24, 2.45) is 0 Å². The number of nitrogens with zero attached hydrogens (tertiary/aromatic N) is 2. The fraction of sp³-hybridized carbons (Fsp3) is 0.174. The van der Waals surface area contributed by atoms with Gasteiger partial charge in [0.05, 0.1) is 33.3 Å². The van der Waals surface area contributed by atoms with Crippen LogP contribution in [0.3, 0.4) is 0 Å². The van der Waals surface area contributed by atoms with Crippen molar-refractivity contribution in [2.75, 3.05) is 33.8 Å². The zero-order valence-corrected chi connectivity index (χ0v) is 19.2. The van der Waals surface area contributed by atoms with E-state index in [0.717, 1.165) is 10.4 Å². The van der Waals surface area contributed by atoms with Gasteiger partial charge in [-0.3, -0.25) is 9.20 Å². The molecule has 0 saturated heterocycles. The van der Waals surface area contributed by atoms with Gasteiger partial charge in [0.15, 0.2) is 22.2 Å². The lowest BCUT2D eigenvalue weighted by Crippen LogP contribution is -2.13. The van der Waals surface area contributed by atoms with Gasteiger partial charge < -0.3 is 24.3 Å². The molecule has 0 fully saturated rings. The molecule has 9 nitrogen and oxygen atoms in total. The van der Waals surface area contributed by atoms with Gasteiger partial charge in [-0.25, -0.2) is 9.78 Å². The summed E-state index contributed by atoms with van der Waals surface area (Å²) in [5.74, 6) is 0.346. The monoisotopic (exact) mass is 467 g/mol. The van der Waals surface area contributed by atoms with Crippen LogP contribution in [0.15, 0.2) is 48.8 Å². The van der Waals surface area contributed by atoms with Gasteiger partial charge in [-0.15, -0.1) is 0 Å². The van der Waals surface area contributed by atoms with Crippen LogP contribution in [-0.2, 0) is 4.74 Å². The van der Waals surface area contributed by atoms with Gasteiger partial charge in [0, 0.05) is 29.2 Å². The lowest BCUT2D eigenvalue weighted by molar-refractivity contribution is 0.0594. The van der Waals surface area contributed by atoms with Crippen molar-refractivity contribution < 1.29 is 28.5 Å². The number of carbonyl (C=O) groups is 2. The van der Waals surface area contributed by atoms with Crippen molar-refractivity contribution in [1.29, 1.82) is 0 Å². The fourth-order valence-electron chi connectivity index (χ4n) is 3.34. The molecule has 4 aromatic rings. The van der Waals surface area contributed by atoms with Crippen LogP contribution >= 0.6 is 11.3 Å². The van der Waals surface area contributed by atoms with E-state index in [9.17, 15) is 9.59 Å². The van der Waals surface area contributed by atoms with Crippen molar-refractivity contribution in [2.45, 2.75) is 0 Å². The normalized spacial score (nSPS) is 10.7. The minimum Gasteiger partial charge on any atom is -0.493 e. The maximum atomic E-state index is 13.1. The number of methoxy groups -OCH3 is 4. The first-order chi connectivity index (χ1) is 16.0. The van der Waals surface area contributed by atoms with Gasteiger partial charge >= 0.3 is 5.97 Å². The molecule has 0 radical (unpaired) electrons. The van der Waals surface area contributed by atoms with Crippen LogP contribution in [0.1, 0.15) is 20.8 Å². The number of anilines is 1. The third-order valence-corrected chi connectivity index (χ3v) is 5.95. The van der Waals surface area contributed by atoms with Crippen LogP contribution in [0.25, 0.3) is 15.4 Å². The molecular formula is C23H21N3O6S. The summed E-state index contributed by atoms with van der Waals surface area (Å²) in [6.45, 7) is 0. The van der Waals surface area contributed by atoms with Gasteiger partial charge in [0.1, 0.15) is 0 Å². The molecule has 0 spiro atoms. The third-order valence-electron chi connectivity index (χ3n) is 4.92. The summed E-state index contributed by atoms with van der Waals surface area (Å²) in [7, 11) is 5.80. The fourth-order valence-corrected chi connectivity index (χ4v) is 4.34. The number of ether oxygens (including phenoxy) is 4. The van der Waals surface area contributed by atoms with E-state index in [1.54, 1.807) is 22.7 Å². The number of carbonyl (C=O) groups excluding carboxylic acids is 2. The number of esters is 1. The van der Waals surface area contributed by atoms with E-state index in [4.69, 9.17) is 18.9 Å². The molecule has 0 aliphatic heterocycles. The molecule has 2 heterocycles. The summed E-state index contributed by atoms with van der Waals surface area (Å²) in [6, 6.07) is 10.6. The minimum atomic E-state index is -0.495. The molecule has 10 heteroatoms. The van der Waals surface area contributed by atoms with Crippen LogP contribution in [0.5, 0.6) is 17.2 Å². The highest BCUT2D eigenvalue weighted by atomic mass is 32.1. The van der Waals surface area contributed by atoms with E-state index in [2.05, 4.69) is 10.3 Å². The van der Waals surface area contributed by atoms with Crippen molar-refractivity contribution in [3.05, 3.63) is 60.0 Å². The van der Waals surface area contributed by atoms with Gasteiger partial charge in [-0.1, -0.05) is 29.5 Å². The number of nitrogens with one attached hydrogen (secondary N) is 1. The van der Waals surface area contributed by atoms with Gasteiger partial charge in [0.2, 0.25) is 5.75 Å². The number of rotatable bonds is 7. The molecule has 0 unspecified atom stereocenters. The van der Waals surface area contributed by atoms with E-state index < -0.39 is 5.97 Å². The second-order valence-electron chi connectivity index (χ2n) is 6.82. The summed E-state index contributed by atoms with van der Waals surface area (Å²) in [6.07, 6.45) is 3.46. The second kappa shape index (κ2) is 9.21. The Hall–Kier alpha value is -4.05. The molecule has 0 atom stereocenters. The summed E-state index contributed by atoms with van der Waals surface area (Å²) >= 11 is 1.39. The largest absolute Gasteiger partial charge is 0.493 e. The molecular weight excluding hydrogens is 446 g/mol. The van der Waals surface area contributed by atoms with E-state index >= 15 is 0 Å². The molecule has 1 amide bonds. The SMILES string of the molecule is COC(=O)c1cn2cc(-c3ccccc3NC(=O)c3cc(OC)c(OC)c(OC)c3)sc2n1. The highest BCUT2D eigenvalue weighted by molar-refractivity contribution is 7.20. The van der Waals surface area contributed by atoms with Crippen molar-refractivity contribution in [1.82, 2.24) is 9.38 Å². The zero-order chi connectivity index (χ0) is 23.5. The molecule has 0 aliphatic carbocycles. The molecule has 2 aromatic carbocycles. The van der Waals surface area contributed by atoms with E-state index in [0.29, 0.717) is 33.5 Å². The maximum Gasteiger partial charge on any atom is 0.358 e. The number of hydrogen-bond donors (Lipinski definition) is 1. The predicted molar refractivity (Wildman–Crippen MR) is 124 cm³/mol. The second-order valence-corrected chi connectivity index (χ2v) is 7.83. The summed E-state index contributed by atoms with van der Waals surface area (Å²) in [5.41, 5.74) is 2.02. The molecule has 1 N–H and O–H groups in total. The van der Waals surface area contributed by atoms with Gasteiger partial charge in [-0.05, 0) is 18.2 Å². The maximum absolute atomic E-state index is 13.1. The first-order valence-corrected chi connectivity index (χ1v) is 10.6. The van der Waals surface area contributed by atoms with Crippen molar-refractivity contribution in [3.8, 4) is 27.7 Å². The number of aromatic nitrogens is 2. The summed E-state index contributed by atoms with van der Waals surface area (Å²) in [4.78, 5) is 30.6. The number of benzene rings is 2. The van der Waals surface area contributed by atoms with E-state index in [1.807, 2.05) is 30.5 Å². The first kappa shape index (κ1) is 22.2. The average molecular weight is 468 g/mol. The van der Waals surface area contributed by atoms with Crippen molar-refractivity contribution >= 4 is 33.9 Å². The Balaban J connectivity index is 1.66. The summed E-state index contributed by atoms with van der Waals surface area (Å²) in [5, 5.41) is 2.95. The Kier molecular flexibility index (Phi) is 6.18. The smallest absolute Gasteiger partial charge is 0.358 e. The Morgan fingerprint density at radius 2 is 1.67 bits per heavy atom. The van der Waals surface area contributed by atoms with E-state index in [1.165, 1.54) is 39.8 Å². The van der Waals surface area contributed by atoms with Crippen LogP contribution in [0, 0.1) is 0 Å². The number of para-hydroxylation sites is 1. The average Bonchev–Trinajstić information content (AvgIpc) is 3.42. The minimum absolute atomic E-state index is 0.235. The number of amides is 1. The number of fused-ring (bicyclic) bond motifs is 1. The van der Waals surface area contributed by atoms with Gasteiger partial charge in [-0.2, -0.15) is 0 Å². The number of hydrogen-bond acceptors (Lipinski definition) is 8. The highest BCUT2D eigenvalue weighted by Crippen LogP contribution is 2.39. The highest BCUT2D eigenvalue weighted by Gasteiger charge is 2.19. The first-order valence-electron chi connectivity index (χ1n) is 9.76. The predicted octanol–water partition coefficient (Wildman–Crippen LogP) is 4.13. The lowest BCUT2D eigenvalue weighted by Gasteiger charge is -2.15. The Labute approximate surface area is 193 Å².